The topological polar surface area (TPSA) is 76.1 Å². The number of benzene rings is 3. The molecule has 6 nitrogen and oxygen atoms in total. The zero-order valence-corrected chi connectivity index (χ0v) is 33.8. The molecule has 1 aliphatic heterocycles. The van der Waals surface area contributed by atoms with E-state index in [1.54, 1.807) is 0 Å². The molecule has 5 aromatic rings. The van der Waals surface area contributed by atoms with Gasteiger partial charge in [-0.05, 0) is 105 Å². The Morgan fingerprint density at radius 3 is 2.15 bits per heavy atom. The number of anilines is 1. The maximum atomic E-state index is 13.1. The molecule has 0 unspecified atom stereocenters. The largest absolute Gasteiger partial charge is 0.493 e. The Balaban J connectivity index is 0.00000182. The van der Waals surface area contributed by atoms with Gasteiger partial charge in [0.2, 0.25) is 0 Å². The number of pyridine rings is 2. The van der Waals surface area contributed by atoms with Crippen LogP contribution in [0.2, 0.25) is 10.0 Å². The molecule has 2 N–H and O–H groups in total. The SMILES string of the molecule is Cl.Cl.Cl.Cl.O=C(NCCCCCCCCNc1c2c(nc3cc(Cl)ccc13)CCCC2)c1ccc2nc(-c3ccc(Cl)cc3)c3c(c2c1)OCCC3. The Bertz CT molecular complexity index is 1960. The number of unbranched alkanes of at least 4 members (excludes halogenated alkanes) is 5. The number of rotatable bonds is 12. The Morgan fingerprint density at radius 2 is 1.37 bits per heavy atom. The number of nitrogens with one attached hydrogen (secondary N) is 2. The Kier molecular flexibility index (Phi) is 17.4. The summed E-state index contributed by atoms with van der Waals surface area (Å²) in [4.78, 5) is 23.0. The third-order valence-electron chi connectivity index (χ3n) is 9.65. The average molecular weight is 828 g/mol. The maximum Gasteiger partial charge on any atom is 0.251 e. The molecule has 280 valence electrons. The lowest BCUT2D eigenvalue weighted by atomic mass is 9.92. The van der Waals surface area contributed by atoms with Crippen molar-refractivity contribution in [1.82, 2.24) is 15.3 Å². The predicted molar refractivity (Wildman–Crippen MR) is 227 cm³/mol. The van der Waals surface area contributed by atoms with Gasteiger partial charge in [-0.25, -0.2) is 4.98 Å². The fourth-order valence-electron chi connectivity index (χ4n) is 7.16. The summed E-state index contributed by atoms with van der Waals surface area (Å²) in [5, 5.41) is 10.4. The summed E-state index contributed by atoms with van der Waals surface area (Å²) < 4.78 is 6.17. The summed E-state index contributed by atoms with van der Waals surface area (Å²) in [5.41, 5.74) is 9.39. The van der Waals surface area contributed by atoms with Crippen LogP contribution in [0.25, 0.3) is 33.1 Å². The molecule has 52 heavy (non-hydrogen) atoms. The second-order valence-electron chi connectivity index (χ2n) is 13.0. The van der Waals surface area contributed by atoms with Crippen molar-refractivity contribution < 1.29 is 9.53 Å². The summed E-state index contributed by atoms with van der Waals surface area (Å²) in [6.07, 6.45) is 13.2. The normalized spacial score (nSPS) is 12.9. The molecule has 0 saturated carbocycles. The van der Waals surface area contributed by atoms with Crippen molar-refractivity contribution in [1.29, 1.82) is 0 Å². The molecule has 1 aliphatic carbocycles. The first kappa shape index (κ1) is 43.7. The average Bonchev–Trinajstić information content (AvgIpc) is 3.11. The van der Waals surface area contributed by atoms with E-state index in [4.69, 9.17) is 37.9 Å². The smallest absolute Gasteiger partial charge is 0.251 e. The van der Waals surface area contributed by atoms with Gasteiger partial charge in [0.1, 0.15) is 5.75 Å². The molecule has 1 amide bonds. The van der Waals surface area contributed by atoms with Crippen LogP contribution in [0.1, 0.15) is 85.0 Å². The maximum absolute atomic E-state index is 13.1. The first-order chi connectivity index (χ1) is 23.5. The molecular weight excluding hydrogens is 781 g/mol. The highest BCUT2D eigenvalue weighted by Crippen LogP contribution is 2.39. The van der Waals surface area contributed by atoms with Crippen LogP contribution in [0.4, 0.5) is 5.69 Å². The number of nitrogens with zero attached hydrogens (tertiary/aromatic N) is 2. The summed E-state index contributed by atoms with van der Waals surface area (Å²) in [7, 11) is 0. The first-order valence-corrected chi connectivity index (χ1v) is 18.3. The van der Waals surface area contributed by atoms with Crippen LogP contribution in [-0.2, 0) is 19.3 Å². The highest BCUT2D eigenvalue weighted by atomic mass is 35.5. The lowest BCUT2D eigenvalue weighted by molar-refractivity contribution is 0.0953. The number of ether oxygens (including phenoxy) is 1. The summed E-state index contributed by atoms with van der Waals surface area (Å²) in [5.74, 6) is 0.793. The van der Waals surface area contributed by atoms with Crippen molar-refractivity contribution in [2.24, 2.45) is 0 Å². The standard InChI is InChI=1S/C40H42Cl2N4O2.4ClH/c41-28-16-13-26(14-17-28)37-32-11-9-23-48-39(32)33-24-27(15-20-35(33)46-37)40(47)44-22-8-4-2-1-3-7-21-43-38-30-10-5-6-12-34(30)45-36-25-29(42)18-19-31(36)38;;;;/h13-20,24-25H,1-12,21-23H2,(H,43,45)(H,44,47);4*1H. The van der Waals surface area contributed by atoms with Crippen molar-refractivity contribution in [2.75, 3.05) is 25.0 Å². The van der Waals surface area contributed by atoms with E-state index in [0.717, 1.165) is 95.5 Å². The third-order valence-corrected chi connectivity index (χ3v) is 10.1. The van der Waals surface area contributed by atoms with E-state index in [1.165, 1.54) is 54.4 Å². The number of amides is 1. The monoisotopic (exact) mass is 824 g/mol. The van der Waals surface area contributed by atoms with Crippen LogP contribution in [0, 0.1) is 0 Å². The van der Waals surface area contributed by atoms with E-state index >= 15 is 0 Å². The molecule has 12 heteroatoms. The van der Waals surface area contributed by atoms with Crippen LogP contribution in [0.5, 0.6) is 5.75 Å². The van der Waals surface area contributed by atoms with Gasteiger partial charge in [0.25, 0.3) is 5.91 Å². The first-order valence-electron chi connectivity index (χ1n) is 17.5. The molecule has 0 saturated heterocycles. The zero-order chi connectivity index (χ0) is 32.9. The number of aryl methyl sites for hydroxylation is 1. The zero-order valence-electron chi connectivity index (χ0n) is 29.0. The number of fused-ring (bicyclic) bond motifs is 5. The fourth-order valence-corrected chi connectivity index (χ4v) is 7.45. The van der Waals surface area contributed by atoms with Crippen LogP contribution < -0.4 is 15.4 Å². The lowest BCUT2D eigenvalue weighted by Crippen LogP contribution is -2.24. The van der Waals surface area contributed by atoms with Crippen LogP contribution in [0.3, 0.4) is 0 Å². The summed E-state index contributed by atoms with van der Waals surface area (Å²) in [6, 6.07) is 19.6. The molecule has 0 atom stereocenters. The molecule has 3 heterocycles. The number of hydrogen-bond donors (Lipinski definition) is 2. The minimum absolute atomic E-state index is 0. The van der Waals surface area contributed by atoms with Gasteiger partial charge in [-0.15, -0.1) is 49.6 Å². The van der Waals surface area contributed by atoms with Crippen molar-refractivity contribution in [2.45, 2.75) is 77.0 Å². The lowest BCUT2D eigenvalue weighted by Gasteiger charge is -2.22. The number of carbonyl (C=O) groups is 1. The van der Waals surface area contributed by atoms with Gasteiger partial charge in [0, 0.05) is 62.0 Å². The van der Waals surface area contributed by atoms with Gasteiger partial charge in [0.15, 0.2) is 0 Å². The molecule has 0 bridgehead atoms. The molecule has 7 rings (SSSR count). The van der Waals surface area contributed by atoms with Crippen molar-refractivity contribution in [3.63, 3.8) is 0 Å². The molecule has 0 spiro atoms. The number of aromatic nitrogens is 2. The van der Waals surface area contributed by atoms with Gasteiger partial charge < -0.3 is 15.4 Å². The van der Waals surface area contributed by atoms with Crippen LogP contribution in [-0.4, -0.2) is 35.6 Å². The molecule has 2 aliphatic rings. The highest BCUT2D eigenvalue weighted by Gasteiger charge is 2.22. The van der Waals surface area contributed by atoms with Crippen molar-refractivity contribution in [3.05, 3.63) is 93.1 Å². The Labute approximate surface area is 341 Å². The van der Waals surface area contributed by atoms with E-state index in [9.17, 15) is 4.79 Å². The van der Waals surface area contributed by atoms with Crippen molar-refractivity contribution >= 4 is 106 Å². The quantitative estimate of drug-likeness (QED) is 0.123. The number of halogens is 6. The minimum atomic E-state index is -0.0533. The molecule has 0 fully saturated rings. The fraction of sp³-hybridized carbons (Fsp3) is 0.375. The number of hydrogen-bond acceptors (Lipinski definition) is 5. The van der Waals surface area contributed by atoms with Crippen molar-refractivity contribution in [3.8, 4) is 17.0 Å². The van der Waals surface area contributed by atoms with Crippen LogP contribution >= 0.6 is 72.8 Å². The Morgan fingerprint density at radius 1 is 0.673 bits per heavy atom. The molecular formula is C40H46Cl6N4O2. The molecule has 3 aromatic carbocycles. The van der Waals surface area contributed by atoms with Gasteiger partial charge in [0.05, 0.1) is 23.3 Å². The third kappa shape index (κ3) is 10.1. The number of carbonyl (C=O) groups excluding carboxylic acids is 1. The van der Waals surface area contributed by atoms with Gasteiger partial charge >= 0.3 is 0 Å². The highest BCUT2D eigenvalue weighted by molar-refractivity contribution is 6.31. The van der Waals surface area contributed by atoms with Gasteiger partial charge in [-0.3, -0.25) is 9.78 Å². The van der Waals surface area contributed by atoms with E-state index in [1.807, 2.05) is 54.6 Å². The molecule has 0 radical (unpaired) electrons. The summed E-state index contributed by atoms with van der Waals surface area (Å²) in [6.45, 7) is 2.30. The van der Waals surface area contributed by atoms with E-state index in [2.05, 4.69) is 16.7 Å². The molecule has 2 aromatic heterocycles. The minimum Gasteiger partial charge on any atom is -0.493 e. The van der Waals surface area contributed by atoms with E-state index in [0.29, 0.717) is 23.7 Å². The second kappa shape index (κ2) is 20.7. The van der Waals surface area contributed by atoms with Crippen LogP contribution in [0.15, 0.2) is 60.7 Å². The van der Waals surface area contributed by atoms with Gasteiger partial charge in [-0.1, -0.05) is 61.0 Å². The predicted octanol–water partition coefficient (Wildman–Crippen LogP) is 11.8. The van der Waals surface area contributed by atoms with E-state index in [-0.39, 0.29) is 55.5 Å². The summed E-state index contributed by atoms with van der Waals surface area (Å²) >= 11 is 12.4. The second-order valence-corrected chi connectivity index (χ2v) is 13.9. The Hall–Kier alpha value is -2.71. The van der Waals surface area contributed by atoms with Gasteiger partial charge in [-0.2, -0.15) is 0 Å². The van der Waals surface area contributed by atoms with E-state index < -0.39 is 0 Å².